The third kappa shape index (κ3) is 1.95. The number of nitrogens with zero attached hydrogens (tertiary/aromatic N) is 1. The monoisotopic (exact) mass is 290 g/mol. The molecule has 1 amide bonds. The van der Waals surface area contributed by atoms with Gasteiger partial charge in [0.1, 0.15) is 0 Å². The number of nitrogens with one attached hydrogen (secondary N) is 1. The number of hydrogen-bond acceptors (Lipinski definition) is 2. The van der Waals surface area contributed by atoms with Gasteiger partial charge in [-0.25, -0.2) is 0 Å². The Balaban J connectivity index is 1.60. The lowest BCUT2D eigenvalue weighted by Gasteiger charge is -2.59. The molecule has 4 fully saturated rings. The van der Waals surface area contributed by atoms with Crippen molar-refractivity contribution in [2.24, 2.45) is 17.3 Å². The Labute approximate surface area is 124 Å². The Morgan fingerprint density at radius 1 is 1.30 bits per heavy atom. The lowest BCUT2D eigenvalue weighted by Crippen LogP contribution is -2.57. The number of aromatic nitrogens is 1. The molecule has 4 heteroatoms. The Morgan fingerprint density at radius 3 is 2.65 bits per heavy atom. The van der Waals surface area contributed by atoms with Gasteiger partial charge in [-0.2, -0.15) is 0 Å². The minimum absolute atomic E-state index is 0.115. The predicted molar refractivity (Wildman–Crippen MR) is 78.6 cm³/mol. The Hall–Kier alpha value is -1.09. The van der Waals surface area contributed by atoms with Gasteiger partial charge in [0.15, 0.2) is 0 Å². The first-order valence-corrected chi connectivity index (χ1v) is 7.85. The number of pyridine rings is 1. The van der Waals surface area contributed by atoms with E-state index in [-0.39, 0.29) is 16.2 Å². The molecule has 0 radical (unpaired) electrons. The topological polar surface area (TPSA) is 42.0 Å². The summed E-state index contributed by atoms with van der Waals surface area (Å²) in [4.78, 5) is 16.8. The minimum Gasteiger partial charge on any atom is -0.324 e. The van der Waals surface area contributed by atoms with E-state index in [4.69, 9.17) is 11.6 Å². The van der Waals surface area contributed by atoms with E-state index in [1.807, 2.05) is 12.1 Å². The molecule has 5 rings (SSSR count). The van der Waals surface area contributed by atoms with E-state index >= 15 is 0 Å². The van der Waals surface area contributed by atoms with Crippen LogP contribution in [0.15, 0.2) is 24.5 Å². The number of rotatable bonds is 2. The molecule has 0 unspecified atom stereocenters. The largest absolute Gasteiger partial charge is 0.324 e. The third-order valence-corrected chi connectivity index (χ3v) is 5.83. The molecule has 0 saturated heterocycles. The number of hydrogen-bond donors (Lipinski definition) is 1. The number of amides is 1. The van der Waals surface area contributed by atoms with Gasteiger partial charge in [-0.05, 0) is 62.5 Å². The van der Waals surface area contributed by atoms with Crippen molar-refractivity contribution in [2.45, 2.75) is 43.4 Å². The van der Waals surface area contributed by atoms with Crippen molar-refractivity contribution in [3.63, 3.8) is 0 Å². The molecular formula is C16H19ClN2O. The SMILES string of the molecule is O=C(Nc1cccnc1)C12C[C@H]3C[C@@H](CC(Cl)(C3)C1)C2. The summed E-state index contributed by atoms with van der Waals surface area (Å²) >= 11 is 6.78. The summed E-state index contributed by atoms with van der Waals surface area (Å²) in [6, 6.07) is 3.74. The second kappa shape index (κ2) is 4.20. The maximum atomic E-state index is 12.8. The van der Waals surface area contributed by atoms with Crippen LogP contribution in [0.3, 0.4) is 0 Å². The predicted octanol–water partition coefficient (Wildman–Crippen LogP) is 3.60. The highest BCUT2D eigenvalue weighted by molar-refractivity contribution is 6.24. The fourth-order valence-electron chi connectivity index (χ4n) is 5.12. The molecule has 1 heterocycles. The van der Waals surface area contributed by atoms with Crippen LogP contribution >= 0.6 is 11.6 Å². The average molecular weight is 291 g/mol. The molecule has 0 spiro atoms. The van der Waals surface area contributed by atoms with Crippen molar-refractivity contribution in [3.05, 3.63) is 24.5 Å². The van der Waals surface area contributed by atoms with Crippen molar-refractivity contribution < 1.29 is 4.79 Å². The first kappa shape index (κ1) is 12.6. The van der Waals surface area contributed by atoms with E-state index in [1.165, 1.54) is 6.42 Å². The second-order valence-electron chi connectivity index (χ2n) is 7.09. The standard InChI is InChI=1S/C16H19ClN2O/c17-16-7-11-4-12(8-16)6-15(5-11,10-16)14(20)19-13-2-1-3-18-9-13/h1-3,9,11-12H,4-8,10H2,(H,19,20)/t11-,12-,15?,16?/m1/s1. The van der Waals surface area contributed by atoms with Crippen LogP contribution in [0.25, 0.3) is 0 Å². The summed E-state index contributed by atoms with van der Waals surface area (Å²) in [6.07, 6.45) is 9.79. The normalized spacial score (nSPS) is 41.6. The van der Waals surface area contributed by atoms with E-state index in [2.05, 4.69) is 10.3 Å². The van der Waals surface area contributed by atoms with E-state index in [0.29, 0.717) is 11.8 Å². The highest BCUT2D eigenvalue weighted by atomic mass is 35.5. The fraction of sp³-hybridized carbons (Fsp3) is 0.625. The zero-order valence-electron chi connectivity index (χ0n) is 11.4. The van der Waals surface area contributed by atoms with Gasteiger partial charge < -0.3 is 5.32 Å². The summed E-state index contributed by atoms with van der Waals surface area (Å²) in [5.74, 6) is 1.45. The molecule has 1 N–H and O–H groups in total. The maximum Gasteiger partial charge on any atom is 0.230 e. The Bertz CT molecular complexity index is 531. The van der Waals surface area contributed by atoms with Crippen LogP contribution in [0.5, 0.6) is 0 Å². The van der Waals surface area contributed by atoms with Crippen molar-refractivity contribution in [2.75, 3.05) is 5.32 Å². The molecule has 3 nitrogen and oxygen atoms in total. The molecule has 0 aromatic carbocycles. The van der Waals surface area contributed by atoms with Crippen LogP contribution in [-0.2, 0) is 4.79 Å². The van der Waals surface area contributed by atoms with Crippen molar-refractivity contribution in [1.82, 2.24) is 4.98 Å². The molecule has 106 valence electrons. The maximum absolute atomic E-state index is 12.8. The molecule has 4 aliphatic carbocycles. The molecule has 1 aromatic heterocycles. The first-order valence-electron chi connectivity index (χ1n) is 7.47. The highest BCUT2D eigenvalue weighted by Crippen LogP contribution is 2.64. The van der Waals surface area contributed by atoms with Crippen LogP contribution in [0, 0.1) is 17.3 Å². The van der Waals surface area contributed by atoms with Gasteiger partial charge in [-0.1, -0.05) is 0 Å². The summed E-state index contributed by atoms with van der Waals surface area (Å²) in [5, 5.41) is 3.06. The van der Waals surface area contributed by atoms with Crippen LogP contribution in [0.4, 0.5) is 5.69 Å². The zero-order chi connectivity index (χ0) is 13.8. The summed E-state index contributed by atoms with van der Waals surface area (Å²) < 4.78 is 0. The number of carbonyl (C=O) groups excluding carboxylic acids is 1. The quantitative estimate of drug-likeness (QED) is 0.846. The van der Waals surface area contributed by atoms with Gasteiger partial charge in [0.05, 0.1) is 17.3 Å². The number of alkyl halides is 1. The minimum atomic E-state index is -0.234. The van der Waals surface area contributed by atoms with Crippen molar-refractivity contribution in [1.29, 1.82) is 0 Å². The summed E-state index contributed by atoms with van der Waals surface area (Å²) in [6.45, 7) is 0. The molecule has 2 atom stereocenters. The van der Waals surface area contributed by atoms with E-state index in [1.54, 1.807) is 12.4 Å². The number of halogens is 1. The van der Waals surface area contributed by atoms with Crippen molar-refractivity contribution in [3.8, 4) is 0 Å². The first-order chi connectivity index (χ1) is 9.57. The van der Waals surface area contributed by atoms with Crippen LogP contribution < -0.4 is 5.32 Å². The number of carbonyl (C=O) groups is 1. The molecule has 20 heavy (non-hydrogen) atoms. The molecular weight excluding hydrogens is 272 g/mol. The zero-order valence-corrected chi connectivity index (χ0v) is 12.2. The molecule has 0 aliphatic heterocycles. The van der Waals surface area contributed by atoms with Crippen LogP contribution in [0.1, 0.15) is 38.5 Å². The van der Waals surface area contributed by atoms with Gasteiger partial charge in [0.2, 0.25) is 5.91 Å². The van der Waals surface area contributed by atoms with Crippen LogP contribution in [0.2, 0.25) is 0 Å². The van der Waals surface area contributed by atoms with Gasteiger partial charge in [0, 0.05) is 11.1 Å². The van der Waals surface area contributed by atoms with Gasteiger partial charge in [-0.15, -0.1) is 11.6 Å². The lowest BCUT2D eigenvalue weighted by atomic mass is 9.49. The lowest BCUT2D eigenvalue weighted by molar-refractivity contribution is -0.138. The second-order valence-corrected chi connectivity index (χ2v) is 7.89. The van der Waals surface area contributed by atoms with Crippen molar-refractivity contribution >= 4 is 23.2 Å². The van der Waals surface area contributed by atoms with Gasteiger partial charge in [0.25, 0.3) is 0 Å². The highest BCUT2D eigenvalue weighted by Gasteiger charge is 2.60. The van der Waals surface area contributed by atoms with Gasteiger partial charge >= 0.3 is 0 Å². The number of anilines is 1. The van der Waals surface area contributed by atoms with Crippen LogP contribution in [-0.4, -0.2) is 15.8 Å². The van der Waals surface area contributed by atoms with E-state index in [9.17, 15) is 4.79 Å². The Kier molecular flexibility index (Phi) is 2.65. The molecule has 4 saturated carbocycles. The van der Waals surface area contributed by atoms with E-state index < -0.39 is 0 Å². The Morgan fingerprint density at radius 2 is 2.05 bits per heavy atom. The van der Waals surface area contributed by atoms with Gasteiger partial charge in [-0.3, -0.25) is 9.78 Å². The smallest absolute Gasteiger partial charge is 0.230 e. The molecule has 4 bridgehead atoms. The molecule has 1 aromatic rings. The fourth-order valence-corrected chi connectivity index (χ4v) is 5.81. The summed E-state index contributed by atoms with van der Waals surface area (Å²) in [7, 11) is 0. The average Bonchev–Trinajstić information content (AvgIpc) is 2.37. The third-order valence-electron chi connectivity index (χ3n) is 5.39. The summed E-state index contributed by atoms with van der Waals surface area (Å²) in [5.41, 5.74) is 0.554. The van der Waals surface area contributed by atoms with E-state index in [0.717, 1.165) is 37.8 Å². The molecule has 4 aliphatic rings.